The Kier molecular flexibility index (Phi) is 13.1. The Bertz CT molecular complexity index is 1590. The number of para-hydroxylation sites is 1. The summed E-state index contributed by atoms with van der Waals surface area (Å²) in [5.41, 5.74) is 1.84. The molecule has 0 heterocycles. The average Bonchev–Trinajstić information content (AvgIpc) is 3.07. The highest BCUT2D eigenvalue weighted by Gasteiger charge is 2.52. The van der Waals surface area contributed by atoms with E-state index in [4.69, 9.17) is 21.1 Å². The van der Waals surface area contributed by atoms with Crippen molar-refractivity contribution in [1.29, 1.82) is 0 Å². The largest absolute Gasteiger partial charge is 0.490 e. The van der Waals surface area contributed by atoms with Crippen LogP contribution in [0.1, 0.15) is 103 Å². The van der Waals surface area contributed by atoms with E-state index in [9.17, 15) is 19.5 Å². The number of aromatic carboxylic acids is 1. The van der Waals surface area contributed by atoms with E-state index in [-0.39, 0.29) is 34.8 Å². The molecule has 0 aliphatic heterocycles. The molecule has 3 aromatic rings. The SMILES string of the molecule is CCC(C)(C)c1ccc(OC(C)CCNCC(C)(C)C(=O)C(Cl)(Oc2ccc(C(=O)O)cc2)C(=O)Nc2ccccc2)c(C(C)(C)CC)c1. The predicted octanol–water partition coefficient (Wildman–Crippen LogP) is 8.76. The van der Waals surface area contributed by atoms with E-state index in [0.717, 1.165) is 18.6 Å². The van der Waals surface area contributed by atoms with Crippen LogP contribution in [0, 0.1) is 5.41 Å². The minimum absolute atomic E-state index is 0.0260. The zero-order chi connectivity index (χ0) is 36.6. The fraction of sp³-hybridized carbons (Fsp3) is 0.475. The Morgan fingerprint density at radius 3 is 2.04 bits per heavy atom. The number of rotatable bonds is 18. The number of anilines is 1. The second kappa shape index (κ2) is 16.2. The van der Waals surface area contributed by atoms with Gasteiger partial charge in [0.05, 0.1) is 11.7 Å². The van der Waals surface area contributed by atoms with Gasteiger partial charge in [0.15, 0.2) is 0 Å². The van der Waals surface area contributed by atoms with Crippen LogP contribution in [0.3, 0.4) is 0 Å². The minimum Gasteiger partial charge on any atom is -0.490 e. The van der Waals surface area contributed by atoms with Crippen LogP contribution >= 0.6 is 11.6 Å². The Balaban J connectivity index is 1.72. The summed E-state index contributed by atoms with van der Waals surface area (Å²) in [5, 5.41) is 12.9. The topological polar surface area (TPSA) is 114 Å². The van der Waals surface area contributed by atoms with Crippen LogP contribution in [0.5, 0.6) is 11.5 Å². The molecule has 0 spiro atoms. The van der Waals surface area contributed by atoms with Crippen molar-refractivity contribution in [2.75, 3.05) is 18.4 Å². The molecule has 1 amide bonds. The number of nitrogens with one attached hydrogen (secondary N) is 2. The maximum Gasteiger partial charge on any atom is 0.335 e. The fourth-order valence-corrected chi connectivity index (χ4v) is 5.62. The molecule has 8 nitrogen and oxygen atoms in total. The van der Waals surface area contributed by atoms with E-state index in [1.54, 1.807) is 44.2 Å². The average molecular weight is 693 g/mol. The summed E-state index contributed by atoms with van der Waals surface area (Å²) in [7, 11) is 0. The van der Waals surface area contributed by atoms with Gasteiger partial charge in [-0.1, -0.05) is 97.3 Å². The summed E-state index contributed by atoms with van der Waals surface area (Å²) in [4.78, 5) is 39.0. The standard InChI is InChI=1S/C40H53ClN2O6/c1-10-37(4,5)29-19-22-33(32(25-29)38(6,7)11-2)48-27(3)23-24-42-26-39(8,9)35(46)40(41,36(47)43-30-15-13-12-14-16-30)49-31-20-17-28(18-21-31)34(44)45/h12-22,25,27,42H,10-11,23-24,26H2,1-9H3,(H,43,47)(H,44,45). The molecule has 266 valence electrons. The molecule has 3 rings (SSSR count). The molecule has 0 fully saturated rings. The molecule has 0 saturated heterocycles. The van der Waals surface area contributed by atoms with Gasteiger partial charge in [0.2, 0.25) is 5.78 Å². The number of ketones is 1. The molecular weight excluding hydrogens is 640 g/mol. The zero-order valence-electron chi connectivity index (χ0n) is 30.4. The van der Waals surface area contributed by atoms with Crippen LogP contribution in [0.15, 0.2) is 72.8 Å². The summed E-state index contributed by atoms with van der Waals surface area (Å²) in [5.74, 6) is -1.68. The highest BCUT2D eigenvalue weighted by molar-refractivity contribution is 6.47. The lowest BCUT2D eigenvalue weighted by Gasteiger charge is -2.33. The van der Waals surface area contributed by atoms with Gasteiger partial charge in [0.25, 0.3) is 5.91 Å². The van der Waals surface area contributed by atoms with Gasteiger partial charge in [-0.3, -0.25) is 9.59 Å². The van der Waals surface area contributed by atoms with Gasteiger partial charge in [-0.15, -0.1) is 0 Å². The summed E-state index contributed by atoms with van der Waals surface area (Å²) in [6, 6.07) is 20.5. The van der Waals surface area contributed by atoms with Crippen molar-refractivity contribution in [3.8, 4) is 11.5 Å². The van der Waals surface area contributed by atoms with Crippen molar-refractivity contribution in [2.45, 2.75) is 104 Å². The molecule has 2 unspecified atom stereocenters. The lowest BCUT2D eigenvalue weighted by molar-refractivity contribution is -0.144. The molecule has 0 saturated carbocycles. The molecule has 0 aliphatic rings. The third-order valence-electron chi connectivity index (χ3n) is 9.47. The van der Waals surface area contributed by atoms with Crippen molar-refractivity contribution >= 4 is 34.9 Å². The van der Waals surface area contributed by atoms with Gasteiger partial charge in [0.1, 0.15) is 11.5 Å². The van der Waals surface area contributed by atoms with Crippen LogP contribution in [0.25, 0.3) is 0 Å². The maximum absolute atomic E-state index is 14.1. The number of alkyl halides is 1. The highest BCUT2D eigenvalue weighted by atomic mass is 35.5. The van der Waals surface area contributed by atoms with Crippen LogP contribution < -0.4 is 20.1 Å². The summed E-state index contributed by atoms with van der Waals surface area (Å²) in [6.45, 7) is 19.6. The number of carboxylic acids is 1. The van der Waals surface area contributed by atoms with Gasteiger partial charge in [0, 0.05) is 23.2 Å². The van der Waals surface area contributed by atoms with E-state index in [1.807, 2.05) is 6.92 Å². The van der Waals surface area contributed by atoms with Crippen LogP contribution in [-0.2, 0) is 20.4 Å². The second-order valence-corrected chi connectivity index (χ2v) is 15.2. The van der Waals surface area contributed by atoms with Crippen molar-refractivity contribution in [3.05, 3.63) is 89.5 Å². The zero-order valence-corrected chi connectivity index (χ0v) is 31.2. The Morgan fingerprint density at radius 2 is 1.47 bits per heavy atom. The molecule has 49 heavy (non-hydrogen) atoms. The van der Waals surface area contributed by atoms with Gasteiger partial charge in [-0.25, -0.2) is 4.79 Å². The van der Waals surface area contributed by atoms with E-state index >= 15 is 0 Å². The molecule has 0 bridgehead atoms. The number of Topliss-reactive ketones (excluding diaryl/α,β-unsaturated/α-hetero) is 1. The quantitative estimate of drug-likeness (QED) is 0.0694. The summed E-state index contributed by atoms with van der Waals surface area (Å²) >= 11 is 6.83. The lowest BCUT2D eigenvalue weighted by atomic mass is 9.76. The smallest absolute Gasteiger partial charge is 0.335 e. The number of carbonyl (C=O) groups excluding carboxylic acids is 2. The third-order valence-corrected chi connectivity index (χ3v) is 9.89. The first kappa shape index (κ1) is 39.6. The molecule has 9 heteroatoms. The number of amides is 1. The van der Waals surface area contributed by atoms with Crippen molar-refractivity contribution in [1.82, 2.24) is 5.32 Å². The molecule has 0 aromatic heterocycles. The lowest BCUT2D eigenvalue weighted by Crippen LogP contribution is -2.56. The highest BCUT2D eigenvalue weighted by Crippen LogP contribution is 2.39. The second-order valence-electron chi connectivity index (χ2n) is 14.6. The van der Waals surface area contributed by atoms with Gasteiger partial charge >= 0.3 is 11.0 Å². The number of hydrogen-bond acceptors (Lipinski definition) is 6. The van der Waals surface area contributed by atoms with Gasteiger partial charge in [-0.2, -0.15) is 0 Å². The van der Waals surface area contributed by atoms with Crippen LogP contribution in [-0.4, -0.2) is 47.0 Å². The molecule has 0 aliphatic carbocycles. The summed E-state index contributed by atoms with van der Waals surface area (Å²) in [6.07, 6.45) is 2.57. The molecule has 3 aromatic carbocycles. The number of carbonyl (C=O) groups is 3. The van der Waals surface area contributed by atoms with Crippen molar-refractivity contribution < 1.29 is 29.0 Å². The summed E-state index contributed by atoms with van der Waals surface area (Å²) < 4.78 is 12.4. The first-order chi connectivity index (χ1) is 22.9. The molecule has 0 radical (unpaired) electrons. The normalized spacial score (nSPS) is 14.0. The number of halogens is 1. The number of ether oxygens (including phenoxy) is 2. The number of hydrogen-bond donors (Lipinski definition) is 3. The van der Waals surface area contributed by atoms with Crippen LogP contribution in [0.2, 0.25) is 0 Å². The van der Waals surface area contributed by atoms with Crippen LogP contribution in [0.4, 0.5) is 5.69 Å². The molecular formula is C40H53ClN2O6. The van der Waals surface area contributed by atoms with Gasteiger partial charge in [-0.05, 0) is 91.6 Å². The third kappa shape index (κ3) is 10.1. The minimum atomic E-state index is -2.44. The van der Waals surface area contributed by atoms with Crippen molar-refractivity contribution in [2.24, 2.45) is 5.41 Å². The van der Waals surface area contributed by atoms with E-state index in [0.29, 0.717) is 18.7 Å². The Hall–Kier alpha value is -3.88. The van der Waals surface area contributed by atoms with E-state index < -0.39 is 28.1 Å². The fourth-order valence-electron chi connectivity index (χ4n) is 5.23. The van der Waals surface area contributed by atoms with Gasteiger partial charge < -0.3 is 25.2 Å². The van der Waals surface area contributed by atoms with E-state index in [2.05, 4.69) is 70.4 Å². The Labute approximate surface area is 296 Å². The van der Waals surface area contributed by atoms with Crippen molar-refractivity contribution in [3.63, 3.8) is 0 Å². The molecule has 2 atom stereocenters. The first-order valence-electron chi connectivity index (χ1n) is 17.0. The maximum atomic E-state index is 14.1. The molecule has 3 N–H and O–H groups in total. The number of benzene rings is 3. The van der Waals surface area contributed by atoms with E-state index in [1.165, 1.54) is 35.4 Å². The monoisotopic (exact) mass is 692 g/mol. The predicted molar refractivity (Wildman–Crippen MR) is 197 cm³/mol. The Morgan fingerprint density at radius 1 is 0.857 bits per heavy atom. The number of carboxylic acid groups (broad SMARTS) is 1. The first-order valence-corrected chi connectivity index (χ1v) is 17.4.